The number of hydrogen-bond donors (Lipinski definition) is 3. The van der Waals surface area contributed by atoms with Crippen LogP contribution in [0.5, 0.6) is 0 Å². The maximum absolute atomic E-state index is 12.7. The van der Waals surface area contributed by atoms with Crippen LogP contribution in [0.15, 0.2) is 12.1 Å². The van der Waals surface area contributed by atoms with E-state index in [1.807, 2.05) is 13.8 Å². The fourth-order valence-electron chi connectivity index (χ4n) is 1.73. The molecule has 2 rings (SSSR count). The monoisotopic (exact) mass is 260 g/mol. The Kier molecular flexibility index (Phi) is 2.89. The highest BCUT2D eigenvalue weighted by Gasteiger charge is 2.46. The summed E-state index contributed by atoms with van der Waals surface area (Å²) in [5.74, 6) is 5.30. The predicted molar refractivity (Wildman–Crippen MR) is 62.9 cm³/mol. The van der Waals surface area contributed by atoms with Crippen LogP contribution in [0.2, 0.25) is 0 Å². The van der Waals surface area contributed by atoms with Crippen LogP contribution in [0.1, 0.15) is 25.8 Å². The second kappa shape index (κ2) is 4.01. The van der Waals surface area contributed by atoms with Gasteiger partial charge in [-0.3, -0.25) is 0 Å². The van der Waals surface area contributed by atoms with Gasteiger partial charge >= 0.3 is 6.18 Å². The molecule has 1 fully saturated rings. The summed E-state index contributed by atoms with van der Waals surface area (Å²) in [5.41, 5.74) is 1.47. The summed E-state index contributed by atoms with van der Waals surface area (Å²) < 4.78 is 38.0. The highest BCUT2D eigenvalue weighted by atomic mass is 19.4. The van der Waals surface area contributed by atoms with E-state index in [4.69, 9.17) is 5.84 Å². The van der Waals surface area contributed by atoms with Crippen LogP contribution in [0.3, 0.4) is 0 Å². The molecule has 1 heterocycles. The molecule has 100 valence electrons. The summed E-state index contributed by atoms with van der Waals surface area (Å²) in [7, 11) is 0. The van der Waals surface area contributed by atoms with Crippen LogP contribution in [0.4, 0.5) is 24.8 Å². The highest BCUT2D eigenvalue weighted by molar-refractivity contribution is 5.50. The topological polar surface area (TPSA) is 63.0 Å². The highest BCUT2D eigenvalue weighted by Crippen LogP contribution is 2.46. The number of nitrogens with two attached hydrogens (primary N) is 1. The minimum absolute atomic E-state index is 0.00854. The Morgan fingerprint density at radius 3 is 2.33 bits per heavy atom. The van der Waals surface area contributed by atoms with Gasteiger partial charge < -0.3 is 10.7 Å². The van der Waals surface area contributed by atoms with Gasteiger partial charge in [-0.1, -0.05) is 13.8 Å². The van der Waals surface area contributed by atoms with Crippen LogP contribution in [0, 0.1) is 5.41 Å². The molecule has 1 aliphatic carbocycles. The van der Waals surface area contributed by atoms with Crippen molar-refractivity contribution in [3.8, 4) is 0 Å². The van der Waals surface area contributed by atoms with Gasteiger partial charge in [0.1, 0.15) is 11.6 Å². The second-order valence-corrected chi connectivity index (χ2v) is 5.16. The van der Waals surface area contributed by atoms with E-state index >= 15 is 0 Å². The number of pyridine rings is 1. The lowest BCUT2D eigenvalue weighted by Gasteiger charge is -2.13. The molecule has 0 amide bonds. The van der Waals surface area contributed by atoms with Crippen molar-refractivity contribution in [2.75, 3.05) is 10.7 Å². The molecule has 0 radical (unpaired) electrons. The third kappa shape index (κ3) is 2.66. The number of anilines is 2. The zero-order valence-electron chi connectivity index (χ0n) is 10.1. The SMILES string of the molecule is CC1(C)CC1Nc1cc(C(F)(F)F)cc(NN)n1. The van der Waals surface area contributed by atoms with Gasteiger partial charge in [-0.05, 0) is 24.0 Å². The molecule has 1 aromatic heterocycles. The van der Waals surface area contributed by atoms with Gasteiger partial charge in [0.25, 0.3) is 0 Å². The Hall–Kier alpha value is -1.50. The number of nitrogens with zero attached hydrogens (tertiary/aromatic N) is 1. The van der Waals surface area contributed by atoms with E-state index in [1.54, 1.807) is 0 Å². The van der Waals surface area contributed by atoms with E-state index in [2.05, 4.69) is 15.7 Å². The van der Waals surface area contributed by atoms with E-state index in [-0.39, 0.29) is 23.1 Å². The van der Waals surface area contributed by atoms with E-state index in [0.29, 0.717) is 0 Å². The Morgan fingerprint density at radius 2 is 1.89 bits per heavy atom. The minimum Gasteiger partial charge on any atom is -0.367 e. The van der Waals surface area contributed by atoms with Gasteiger partial charge in [0, 0.05) is 6.04 Å². The maximum atomic E-state index is 12.7. The average molecular weight is 260 g/mol. The van der Waals surface area contributed by atoms with Crippen molar-refractivity contribution in [3.05, 3.63) is 17.7 Å². The lowest BCUT2D eigenvalue weighted by Crippen LogP contribution is -2.15. The number of aromatic nitrogens is 1. The first-order valence-corrected chi connectivity index (χ1v) is 5.55. The quantitative estimate of drug-likeness (QED) is 0.577. The number of nitrogen functional groups attached to an aromatic ring is 1. The number of nitrogens with one attached hydrogen (secondary N) is 2. The van der Waals surface area contributed by atoms with Gasteiger partial charge in [-0.25, -0.2) is 10.8 Å². The van der Waals surface area contributed by atoms with Crippen molar-refractivity contribution in [1.82, 2.24) is 4.98 Å². The van der Waals surface area contributed by atoms with Crippen molar-refractivity contribution >= 4 is 11.6 Å². The van der Waals surface area contributed by atoms with Crippen molar-refractivity contribution in [1.29, 1.82) is 0 Å². The van der Waals surface area contributed by atoms with Gasteiger partial charge in [0.15, 0.2) is 0 Å². The van der Waals surface area contributed by atoms with Crippen LogP contribution in [0.25, 0.3) is 0 Å². The van der Waals surface area contributed by atoms with Gasteiger partial charge in [-0.2, -0.15) is 13.2 Å². The predicted octanol–water partition coefficient (Wildman–Crippen LogP) is 2.60. The standard InChI is InChI=1S/C11H15F3N4/c1-10(2)5-7(10)16-8-3-6(11(12,13)14)4-9(17-8)18-15/h3-4,7H,5,15H2,1-2H3,(H2,16,17,18). The summed E-state index contributed by atoms with van der Waals surface area (Å²) in [5, 5.41) is 2.99. The van der Waals surface area contributed by atoms with Gasteiger partial charge in [0.05, 0.1) is 5.56 Å². The first-order valence-electron chi connectivity index (χ1n) is 5.55. The molecule has 0 bridgehead atoms. The van der Waals surface area contributed by atoms with E-state index in [9.17, 15) is 13.2 Å². The average Bonchev–Trinajstić information content (AvgIpc) is 2.84. The summed E-state index contributed by atoms with van der Waals surface area (Å²) in [6.07, 6.45) is -3.50. The lowest BCUT2D eigenvalue weighted by atomic mass is 10.2. The summed E-state index contributed by atoms with van der Waals surface area (Å²) in [6.45, 7) is 4.08. The second-order valence-electron chi connectivity index (χ2n) is 5.16. The fraction of sp³-hybridized carbons (Fsp3) is 0.545. The van der Waals surface area contributed by atoms with Crippen LogP contribution >= 0.6 is 0 Å². The molecule has 4 nitrogen and oxygen atoms in total. The zero-order valence-corrected chi connectivity index (χ0v) is 10.1. The molecular formula is C11H15F3N4. The Labute approximate surface area is 103 Å². The molecule has 0 spiro atoms. The number of rotatable bonds is 3. The van der Waals surface area contributed by atoms with Crippen LogP contribution in [-0.4, -0.2) is 11.0 Å². The normalized spacial score (nSPS) is 21.6. The molecule has 7 heteroatoms. The molecule has 1 unspecified atom stereocenters. The summed E-state index contributed by atoms with van der Waals surface area (Å²) >= 11 is 0. The molecule has 0 aromatic carbocycles. The third-order valence-corrected chi connectivity index (χ3v) is 3.14. The van der Waals surface area contributed by atoms with Crippen molar-refractivity contribution in [2.24, 2.45) is 11.3 Å². The zero-order chi connectivity index (χ0) is 13.6. The molecule has 1 atom stereocenters. The first kappa shape index (κ1) is 12.9. The fourth-order valence-corrected chi connectivity index (χ4v) is 1.73. The molecule has 1 aromatic rings. The molecule has 4 N–H and O–H groups in total. The number of hydrazine groups is 1. The van der Waals surface area contributed by atoms with E-state index in [1.165, 1.54) is 0 Å². The van der Waals surface area contributed by atoms with Crippen LogP contribution < -0.4 is 16.6 Å². The van der Waals surface area contributed by atoms with E-state index in [0.717, 1.165) is 18.6 Å². The number of hydrogen-bond acceptors (Lipinski definition) is 4. The largest absolute Gasteiger partial charge is 0.416 e. The lowest BCUT2D eigenvalue weighted by molar-refractivity contribution is -0.137. The Bertz CT molecular complexity index is 456. The smallest absolute Gasteiger partial charge is 0.367 e. The summed E-state index contributed by atoms with van der Waals surface area (Å²) in [4.78, 5) is 3.96. The Balaban J connectivity index is 2.25. The van der Waals surface area contributed by atoms with Crippen LogP contribution in [-0.2, 0) is 6.18 Å². The minimum atomic E-state index is -4.41. The Morgan fingerprint density at radius 1 is 1.33 bits per heavy atom. The number of halogens is 3. The number of alkyl halides is 3. The molecule has 1 saturated carbocycles. The molecular weight excluding hydrogens is 245 g/mol. The molecule has 0 saturated heterocycles. The van der Waals surface area contributed by atoms with Crippen molar-refractivity contribution in [3.63, 3.8) is 0 Å². The summed E-state index contributed by atoms with van der Waals surface area (Å²) in [6, 6.07) is 2.03. The molecule has 1 aliphatic rings. The molecule has 0 aliphatic heterocycles. The molecule has 18 heavy (non-hydrogen) atoms. The van der Waals surface area contributed by atoms with E-state index < -0.39 is 11.7 Å². The van der Waals surface area contributed by atoms with Crippen molar-refractivity contribution in [2.45, 2.75) is 32.5 Å². The van der Waals surface area contributed by atoms with Gasteiger partial charge in [0.2, 0.25) is 0 Å². The maximum Gasteiger partial charge on any atom is 0.416 e. The van der Waals surface area contributed by atoms with Gasteiger partial charge in [-0.15, -0.1) is 0 Å². The first-order chi connectivity index (χ1) is 8.22. The van der Waals surface area contributed by atoms with Crippen molar-refractivity contribution < 1.29 is 13.2 Å². The third-order valence-electron chi connectivity index (χ3n) is 3.14.